The molecule has 2 rings (SSSR count). The van der Waals surface area contributed by atoms with E-state index >= 15 is 0 Å². The van der Waals surface area contributed by atoms with Crippen molar-refractivity contribution < 1.29 is 14.3 Å². The summed E-state index contributed by atoms with van der Waals surface area (Å²) in [7, 11) is 0. The number of halogens is 1. The van der Waals surface area contributed by atoms with Gasteiger partial charge in [-0.3, -0.25) is 9.48 Å². The first-order chi connectivity index (χ1) is 9.81. The normalized spacial score (nSPS) is 16.9. The maximum atomic E-state index is 12.0. The molecule has 0 radical (unpaired) electrons. The highest BCUT2D eigenvalue weighted by molar-refractivity contribution is 6.32. The molecule has 1 aliphatic rings. The Labute approximate surface area is 129 Å². The molecule has 1 aromatic heterocycles. The molecule has 0 aliphatic carbocycles. The van der Waals surface area contributed by atoms with Crippen LogP contribution in [0.5, 0.6) is 0 Å². The van der Waals surface area contributed by atoms with Crippen LogP contribution in [0.1, 0.15) is 50.1 Å². The zero-order chi connectivity index (χ0) is 15.6. The molecule has 1 aliphatic heterocycles. The van der Waals surface area contributed by atoms with Crippen molar-refractivity contribution in [3.8, 4) is 0 Å². The minimum Gasteiger partial charge on any atom is -0.444 e. The van der Waals surface area contributed by atoms with E-state index in [2.05, 4.69) is 5.10 Å². The van der Waals surface area contributed by atoms with Crippen molar-refractivity contribution >= 4 is 24.0 Å². The number of aromatic nitrogens is 2. The van der Waals surface area contributed by atoms with Crippen LogP contribution in [0.25, 0.3) is 0 Å². The second kappa shape index (κ2) is 6.05. The predicted octanol–water partition coefficient (Wildman–Crippen LogP) is 2.92. The van der Waals surface area contributed by atoms with Crippen molar-refractivity contribution in [2.24, 2.45) is 0 Å². The van der Waals surface area contributed by atoms with Crippen molar-refractivity contribution in [3.05, 3.63) is 16.9 Å². The van der Waals surface area contributed by atoms with Crippen molar-refractivity contribution in [2.75, 3.05) is 13.1 Å². The topological polar surface area (TPSA) is 64.4 Å². The van der Waals surface area contributed by atoms with Crippen LogP contribution < -0.4 is 0 Å². The molecule has 1 saturated heterocycles. The molecule has 1 amide bonds. The van der Waals surface area contributed by atoms with E-state index in [0.29, 0.717) is 23.8 Å². The molecule has 0 bridgehead atoms. The van der Waals surface area contributed by atoms with Crippen molar-refractivity contribution in [1.29, 1.82) is 0 Å². The molecule has 1 aromatic rings. The summed E-state index contributed by atoms with van der Waals surface area (Å²) < 4.78 is 7.01. The first-order valence-corrected chi connectivity index (χ1v) is 7.35. The van der Waals surface area contributed by atoms with Crippen molar-refractivity contribution in [2.45, 2.75) is 45.3 Å². The van der Waals surface area contributed by atoms with E-state index in [0.717, 1.165) is 19.1 Å². The minimum atomic E-state index is -0.492. The third-order valence-corrected chi connectivity index (χ3v) is 3.65. The van der Waals surface area contributed by atoms with Crippen LogP contribution in [-0.2, 0) is 4.74 Å². The smallest absolute Gasteiger partial charge is 0.410 e. The lowest BCUT2D eigenvalue weighted by Crippen LogP contribution is -2.42. The van der Waals surface area contributed by atoms with E-state index in [4.69, 9.17) is 16.3 Å². The largest absolute Gasteiger partial charge is 0.444 e. The van der Waals surface area contributed by atoms with Gasteiger partial charge in [0.1, 0.15) is 11.3 Å². The maximum Gasteiger partial charge on any atom is 0.410 e. The van der Waals surface area contributed by atoms with Crippen molar-refractivity contribution in [1.82, 2.24) is 14.7 Å². The SMILES string of the molecule is CC(C)(C)OC(=O)N1CCC(n2ncc(Cl)c2C=O)CC1. The minimum absolute atomic E-state index is 0.0800. The van der Waals surface area contributed by atoms with Crippen LogP contribution in [-0.4, -0.2) is 45.8 Å². The quantitative estimate of drug-likeness (QED) is 0.787. The molecule has 6 nitrogen and oxygen atoms in total. The fourth-order valence-electron chi connectivity index (χ4n) is 2.37. The lowest BCUT2D eigenvalue weighted by molar-refractivity contribution is 0.0184. The van der Waals surface area contributed by atoms with Crippen molar-refractivity contribution in [3.63, 3.8) is 0 Å². The highest BCUT2D eigenvalue weighted by atomic mass is 35.5. The summed E-state index contributed by atoms with van der Waals surface area (Å²) in [5, 5.41) is 4.52. The standard InChI is InChI=1S/C14H20ClN3O3/c1-14(2,3)21-13(20)17-6-4-10(5-7-17)18-12(9-19)11(15)8-16-18/h8-10H,4-7H2,1-3H3. The number of ether oxygens (including phenoxy) is 1. The summed E-state index contributed by atoms with van der Waals surface area (Å²) in [4.78, 5) is 24.7. The summed E-state index contributed by atoms with van der Waals surface area (Å²) in [6.45, 7) is 6.70. The Morgan fingerprint density at radius 3 is 2.57 bits per heavy atom. The highest BCUT2D eigenvalue weighted by Gasteiger charge is 2.28. The summed E-state index contributed by atoms with van der Waals surface area (Å²) in [6, 6.07) is 0.0800. The first kappa shape index (κ1) is 15.8. The second-order valence-electron chi connectivity index (χ2n) is 6.14. The zero-order valence-electron chi connectivity index (χ0n) is 12.5. The Morgan fingerprint density at radius 1 is 1.43 bits per heavy atom. The number of aldehydes is 1. The Morgan fingerprint density at radius 2 is 2.05 bits per heavy atom. The van der Waals surface area contributed by atoms with Gasteiger partial charge in [-0.05, 0) is 33.6 Å². The molecule has 7 heteroatoms. The van der Waals surface area contributed by atoms with Gasteiger partial charge >= 0.3 is 6.09 Å². The number of rotatable bonds is 2. The van der Waals surface area contributed by atoms with Gasteiger partial charge in [0, 0.05) is 13.1 Å². The molecule has 0 aromatic carbocycles. The van der Waals surface area contributed by atoms with Crippen LogP contribution in [0.4, 0.5) is 4.79 Å². The second-order valence-corrected chi connectivity index (χ2v) is 6.55. The van der Waals surface area contributed by atoms with Gasteiger partial charge in [-0.25, -0.2) is 4.79 Å². The van der Waals surface area contributed by atoms with E-state index < -0.39 is 5.60 Å². The van der Waals surface area contributed by atoms with Gasteiger partial charge in [-0.15, -0.1) is 0 Å². The number of amides is 1. The zero-order valence-corrected chi connectivity index (χ0v) is 13.3. The molecule has 2 heterocycles. The average molecular weight is 314 g/mol. The first-order valence-electron chi connectivity index (χ1n) is 6.98. The lowest BCUT2D eigenvalue weighted by atomic mass is 10.1. The van der Waals surface area contributed by atoms with E-state index in [1.54, 1.807) is 9.58 Å². The molecule has 116 valence electrons. The fraction of sp³-hybridized carbons (Fsp3) is 0.643. The van der Waals surface area contributed by atoms with Crippen LogP contribution in [0, 0.1) is 0 Å². The molecule has 1 fully saturated rings. The van der Waals surface area contributed by atoms with E-state index in [1.807, 2.05) is 20.8 Å². The molecule has 21 heavy (non-hydrogen) atoms. The van der Waals surface area contributed by atoms with E-state index in [-0.39, 0.29) is 12.1 Å². The van der Waals surface area contributed by atoms with Gasteiger partial charge < -0.3 is 9.64 Å². The molecule has 0 unspecified atom stereocenters. The van der Waals surface area contributed by atoms with Crippen LogP contribution in [0.2, 0.25) is 5.02 Å². The Hall–Kier alpha value is -1.56. The Kier molecular flexibility index (Phi) is 4.56. The number of hydrogen-bond donors (Lipinski definition) is 0. The fourth-order valence-corrected chi connectivity index (χ4v) is 2.55. The number of carbonyl (C=O) groups is 2. The molecule has 0 atom stereocenters. The number of carbonyl (C=O) groups excluding carboxylic acids is 2. The number of likely N-dealkylation sites (tertiary alicyclic amines) is 1. The predicted molar refractivity (Wildman–Crippen MR) is 78.7 cm³/mol. The van der Waals surface area contributed by atoms with Crippen LogP contribution in [0.15, 0.2) is 6.20 Å². The molecule has 0 saturated carbocycles. The lowest BCUT2D eigenvalue weighted by Gasteiger charge is -2.33. The number of piperidine rings is 1. The maximum absolute atomic E-state index is 12.0. The van der Waals surface area contributed by atoms with Gasteiger partial charge in [-0.1, -0.05) is 11.6 Å². The summed E-state index contributed by atoms with van der Waals surface area (Å²) in [5.74, 6) is 0. The summed E-state index contributed by atoms with van der Waals surface area (Å²) >= 11 is 5.92. The van der Waals surface area contributed by atoms with E-state index in [1.165, 1.54) is 6.20 Å². The van der Waals surface area contributed by atoms with Crippen LogP contribution >= 0.6 is 11.6 Å². The molecular weight excluding hydrogens is 294 g/mol. The number of nitrogens with zero attached hydrogens (tertiary/aromatic N) is 3. The third kappa shape index (κ3) is 3.75. The third-order valence-electron chi connectivity index (χ3n) is 3.36. The average Bonchev–Trinajstić information content (AvgIpc) is 2.78. The van der Waals surface area contributed by atoms with Crippen LogP contribution in [0.3, 0.4) is 0 Å². The molecule has 0 N–H and O–H groups in total. The Bertz CT molecular complexity index is 528. The summed E-state index contributed by atoms with van der Waals surface area (Å²) in [6.07, 6.45) is 3.34. The summed E-state index contributed by atoms with van der Waals surface area (Å²) in [5.41, 5.74) is -0.0962. The van der Waals surface area contributed by atoms with Gasteiger partial charge in [0.05, 0.1) is 17.3 Å². The monoisotopic (exact) mass is 313 g/mol. The van der Waals surface area contributed by atoms with Gasteiger partial charge in [0.2, 0.25) is 0 Å². The highest BCUT2D eigenvalue weighted by Crippen LogP contribution is 2.26. The van der Waals surface area contributed by atoms with E-state index in [9.17, 15) is 9.59 Å². The number of hydrogen-bond acceptors (Lipinski definition) is 4. The molecule has 0 spiro atoms. The van der Waals surface area contributed by atoms with Gasteiger partial charge in [0.25, 0.3) is 0 Å². The Balaban J connectivity index is 1.97. The van der Waals surface area contributed by atoms with Gasteiger partial charge in [-0.2, -0.15) is 5.10 Å². The molecular formula is C14H20ClN3O3. The van der Waals surface area contributed by atoms with Gasteiger partial charge in [0.15, 0.2) is 6.29 Å².